The van der Waals surface area contributed by atoms with Crippen molar-refractivity contribution in [3.8, 4) is 11.1 Å². The van der Waals surface area contributed by atoms with Gasteiger partial charge in [0, 0.05) is 30.1 Å². The largest absolute Gasteiger partial charge is 0.416 e. The van der Waals surface area contributed by atoms with Crippen molar-refractivity contribution in [2.75, 3.05) is 6.54 Å². The third-order valence-electron chi connectivity index (χ3n) is 7.74. The summed E-state index contributed by atoms with van der Waals surface area (Å²) in [6.45, 7) is 2.95. The lowest BCUT2D eigenvalue weighted by atomic mass is 9.97. The maximum absolute atomic E-state index is 13.8. The van der Waals surface area contributed by atoms with Crippen LogP contribution >= 0.6 is 11.8 Å². The van der Waals surface area contributed by atoms with Crippen LogP contribution in [-0.2, 0) is 42.7 Å². The van der Waals surface area contributed by atoms with E-state index in [1.54, 1.807) is 17.0 Å². The van der Waals surface area contributed by atoms with Crippen molar-refractivity contribution in [2.45, 2.75) is 69.2 Å². The standard InChI is InChI=1S/C34H33F4N3O2S/c1-2-19-40(20-23-7-11-25(12-8-23)26-13-15-27(16-14-26)34(36,37)38)31(42)21-41-30-6-4-3-5-29(30)32(43)39-33(41)44-22-24-9-17-28(35)18-10-24/h7-18H,2-6,19-22H2,1H3. The average molecular weight is 624 g/mol. The van der Waals surface area contributed by atoms with E-state index in [0.717, 1.165) is 53.8 Å². The van der Waals surface area contributed by atoms with Crippen LogP contribution in [0.5, 0.6) is 0 Å². The first-order chi connectivity index (χ1) is 21.1. The van der Waals surface area contributed by atoms with Gasteiger partial charge in [-0.3, -0.25) is 9.59 Å². The minimum atomic E-state index is -4.38. The van der Waals surface area contributed by atoms with Gasteiger partial charge in [0.15, 0.2) is 5.16 Å². The van der Waals surface area contributed by atoms with Crippen LogP contribution in [0.25, 0.3) is 11.1 Å². The second-order valence-corrected chi connectivity index (χ2v) is 11.9. The van der Waals surface area contributed by atoms with Gasteiger partial charge in [-0.05, 0) is 78.6 Å². The SMILES string of the molecule is CCCN(Cc1ccc(-c2ccc(C(F)(F)F)cc2)cc1)C(=O)Cn1c(SCc2ccc(F)cc2)nc(=O)c2c1CCCC2. The minimum Gasteiger partial charge on any atom is -0.337 e. The highest BCUT2D eigenvalue weighted by molar-refractivity contribution is 7.98. The molecule has 0 N–H and O–H groups in total. The summed E-state index contributed by atoms with van der Waals surface area (Å²) in [5.74, 6) is 0.0582. The first kappa shape index (κ1) is 31.5. The number of alkyl halides is 3. The zero-order chi connectivity index (χ0) is 31.3. The van der Waals surface area contributed by atoms with Crippen molar-refractivity contribution in [3.63, 3.8) is 0 Å². The fourth-order valence-electron chi connectivity index (χ4n) is 5.42. The maximum Gasteiger partial charge on any atom is 0.416 e. The number of aromatic nitrogens is 2. The van der Waals surface area contributed by atoms with E-state index in [9.17, 15) is 27.2 Å². The Hall–Kier alpha value is -3.92. The summed E-state index contributed by atoms with van der Waals surface area (Å²) in [7, 11) is 0. The average Bonchev–Trinajstić information content (AvgIpc) is 3.02. The summed E-state index contributed by atoms with van der Waals surface area (Å²) in [4.78, 5) is 32.9. The van der Waals surface area contributed by atoms with Gasteiger partial charge < -0.3 is 9.47 Å². The molecule has 0 radical (unpaired) electrons. The summed E-state index contributed by atoms with van der Waals surface area (Å²) in [6, 6.07) is 18.7. The summed E-state index contributed by atoms with van der Waals surface area (Å²) in [5.41, 5.74) is 3.84. The number of thioether (sulfide) groups is 1. The van der Waals surface area contributed by atoms with Crippen LogP contribution < -0.4 is 5.56 Å². The van der Waals surface area contributed by atoms with E-state index in [2.05, 4.69) is 4.98 Å². The van der Waals surface area contributed by atoms with Gasteiger partial charge in [-0.15, -0.1) is 0 Å². The van der Waals surface area contributed by atoms with Gasteiger partial charge in [-0.25, -0.2) is 4.39 Å². The first-order valence-electron chi connectivity index (χ1n) is 14.7. The second kappa shape index (κ2) is 13.8. The molecular formula is C34H33F4N3O2S. The molecule has 0 saturated carbocycles. The van der Waals surface area contributed by atoms with Gasteiger partial charge >= 0.3 is 6.18 Å². The van der Waals surface area contributed by atoms with Crippen molar-refractivity contribution >= 4 is 17.7 Å². The van der Waals surface area contributed by atoms with Gasteiger partial charge in [0.25, 0.3) is 5.56 Å². The van der Waals surface area contributed by atoms with Crippen molar-refractivity contribution < 1.29 is 22.4 Å². The Labute approximate surface area is 257 Å². The van der Waals surface area contributed by atoms with Gasteiger partial charge in [0.05, 0.1) is 5.56 Å². The number of carbonyl (C=O) groups excluding carboxylic acids is 1. The minimum absolute atomic E-state index is 0.0466. The zero-order valence-corrected chi connectivity index (χ0v) is 25.2. The number of amides is 1. The van der Waals surface area contributed by atoms with Crippen LogP contribution in [0.3, 0.4) is 0 Å². The van der Waals surface area contributed by atoms with E-state index in [0.29, 0.717) is 48.0 Å². The lowest BCUT2D eigenvalue weighted by Crippen LogP contribution is -2.36. The third kappa shape index (κ3) is 7.59. The van der Waals surface area contributed by atoms with Gasteiger partial charge in [-0.2, -0.15) is 18.2 Å². The van der Waals surface area contributed by atoms with E-state index in [4.69, 9.17) is 0 Å². The molecule has 0 aliphatic heterocycles. The number of halogens is 4. The molecule has 0 bridgehead atoms. The van der Waals surface area contributed by atoms with Crippen LogP contribution in [0.2, 0.25) is 0 Å². The number of fused-ring (bicyclic) bond motifs is 1. The molecule has 5 nitrogen and oxygen atoms in total. The highest BCUT2D eigenvalue weighted by atomic mass is 32.2. The molecule has 0 atom stereocenters. The molecule has 3 aromatic carbocycles. The normalized spacial score (nSPS) is 13.0. The predicted octanol–water partition coefficient (Wildman–Crippen LogP) is 7.68. The molecule has 0 saturated heterocycles. The van der Waals surface area contributed by atoms with Crippen molar-refractivity contribution in [3.05, 3.63) is 117 Å². The molecule has 1 amide bonds. The molecule has 0 fully saturated rings. The molecule has 0 spiro atoms. The smallest absolute Gasteiger partial charge is 0.337 e. The van der Waals surface area contributed by atoms with E-state index < -0.39 is 11.7 Å². The number of hydrogen-bond acceptors (Lipinski definition) is 4. The summed E-state index contributed by atoms with van der Waals surface area (Å²) >= 11 is 1.36. The molecule has 10 heteroatoms. The molecule has 44 heavy (non-hydrogen) atoms. The van der Waals surface area contributed by atoms with Crippen LogP contribution in [-0.4, -0.2) is 26.9 Å². The highest BCUT2D eigenvalue weighted by Gasteiger charge is 2.30. The van der Waals surface area contributed by atoms with E-state index in [1.807, 2.05) is 35.8 Å². The number of rotatable bonds is 10. The molecule has 1 aliphatic rings. The molecule has 1 heterocycles. The third-order valence-corrected chi connectivity index (χ3v) is 8.79. The number of nitrogens with zero attached hydrogens (tertiary/aromatic N) is 3. The molecule has 5 rings (SSSR count). The van der Waals surface area contributed by atoms with Gasteiger partial charge in [0.1, 0.15) is 12.4 Å². The van der Waals surface area contributed by atoms with Gasteiger partial charge in [-0.1, -0.05) is 67.2 Å². The molecule has 0 unspecified atom stereocenters. The fraction of sp³-hybridized carbons (Fsp3) is 0.324. The summed E-state index contributed by atoms with van der Waals surface area (Å²) < 4.78 is 54.1. The maximum atomic E-state index is 13.8. The first-order valence-corrected chi connectivity index (χ1v) is 15.6. The summed E-state index contributed by atoms with van der Waals surface area (Å²) in [5, 5.41) is 0.477. The van der Waals surface area contributed by atoms with E-state index in [1.165, 1.54) is 36.0 Å². The molecular weight excluding hydrogens is 590 g/mol. The van der Waals surface area contributed by atoms with Crippen molar-refractivity contribution in [1.82, 2.24) is 14.5 Å². The Morgan fingerprint density at radius 1 is 0.909 bits per heavy atom. The van der Waals surface area contributed by atoms with E-state index >= 15 is 0 Å². The molecule has 1 aromatic heterocycles. The van der Waals surface area contributed by atoms with Crippen LogP contribution in [0.15, 0.2) is 82.7 Å². The summed E-state index contributed by atoms with van der Waals surface area (Å²) in [6.07, 6.45) is -0.459. The second-order valence-electron chi connectivity index (χ2n) is 10.9. The van der Waals surface area contributed by atoms with E-state index in [-0.39, 0.29) is 23.8 Å². The predicted molar refractivity (Wildman–Crippen MR) is 164 cm³/mol. The molecule has 4 aromatic rings. The number of hydrogen-bond donors (Lipinski definition) is 0. The van der Waals surface area contributed by atoms with Crippen LogP contribution in [0.4, 0.5) is 17.6 Å². The molecule has 230 valence electrons. The van der Waals surface area contributed by atoms with Gasteiger partial charge in [0.2, 0.25) is 5.91 Å². The lowest BCUT2D eigenvalue weighted by Gasteiger charge is -2.27. The monoisotopic (exact) mass is 623 g/mol. The fourth-order valence-corrected chi connectivity index (χ4v) is 6.39. The lowest BCUT2D eigenvalue weighted by molar-refractivity contribution is -0.137. The Morgan fingerprint density at radius 3 is 2.16 bits per heavy atom. The van der Waals surface area contributed by atoms with Crippen LogP contribution in [0, 0.1) is 5.82 Å². The Bertz CT molecular complexity index is 1650. The Morgan fingerprint density at radius 2 is 1.52 bits per heavy atom. The number of carbonyl (C=O) groups is 1. The highest BCUT2D eigenvalue weighted by Crippen LogP contribution is 2.31. The topological polar surface area (TPSA) is 55.2 Å². The Balaban J connectivity index is 1.34. The molecule has 1 aliphatic carbocycles. The Kier molecular flexibility index (Phi) is 9.88. The van der Waals surface area contributed by atoms with Crippen LogP contribution in [0.1, 0.15) is 54.1 Å². The number of benzene rings is 3. The van der Waals surface area contributed by atoms with Crippen molar-refractivity contribution in [2.24, 2.45) is 0 Å². The zero-order valence-electron chi connectivity index (χ0n) is 24.4. The van der Waals surface area contributed by atoms with Crippen molar-refractivity contribution in [1.29, 1.82) is 0 Å². The quantitative estimate of drug-likeness (QED) is 0.103.